The van der Waals surface area contributed by atoms with Crippen molar-refractivity contribution < 1.29 is 0 Å². The average Bonchev–Trinajstić information content (AvgIpc) is 1.98. The number of aryl methyl sites for hydroxylation is 1. The number of benzene rings is 1. The van der Waals surface area contributed by atoms with Crippen molar-refractivity contribution in [2.24, 2.45) is 5.73 Å². The Labute approximate surface area is 77.8 Å². The van der Waals surface area contributed by atoms with Crippen molar-refractivity contribution >= 4 is 23.0 Å². The normalized spacial score (nSPS) is 9.50. The summed E-state index contributed by atoms with van der Waals surface area (Å²) in [4.78, 5) is 0. The summed E-state index contributed by atoms with van der Waals surface area (Å²) < 4.78 is 0. The summed E-state index contributed by atoms with van der Waals surface area (Å²) in [6.45, 7) is 4.09. The second-order valence-electron chi connectivity index (χ2n) is 2.74. The summed E-state index contributed by atoms with van der Waals surface area (Å²) >= 11 is 4.75. The van der Waals surface area contributed by atoms with Gasteiger partial charge in [-0.25, -0.2) is 0 Å². The maximum Gasteiger partial charge on any atom is 0.168 e. The lowest BCUT2D eigenvalue weighted by Gasteiger charge is -2.08. The SMILES string of the molecule is Cc1cccc(NC(N)=S)c1C. The molecule has 3 N–H and O–H groups in total. The molecule has 3 heteroatoms. The Bertz CT molecular complexity index is 307. The van der Waals surface area contributed by atoms with Crippen molar-refractivity contribution in [1.29, 1.82) is 0 Å². The van der Waals surface area contributed by atoms with Crippen molar-refractivity contribution in [1.82, 2.24) is 0 Å². The molecule has 2 nitrogen and oxygen atoms in total. The Balaban J connectivity index is 3.00. The Hall–Kier alpha value is -1.09. The minimum atomic E-state index is 0.309. The van der Waals surface area contributed by atoms with Crippen molar-refractivity contribution in [3.05, 3.63) is 29.3 Å². The van der Waals surface area contributed by atoms with Crippen LogP contribution < -0.4 is 11.1 Å². The Kier molecular flexibility index (Phi) is 2.65. The van der Waals surface area contributed by atoms with Crippen molar-refractivity contribution in [2.75, 3.05) is 5.32 Å². The lowest BCUT2D eigenvalue weighted by molar-refractivity contribution is 1.34. The minimum absolute atomic E-state index is 0.309. The van der Waals surface area contributed by atoms with Crippen molar-refractivity contribution in [2.45, 2.75) is 13.8 Å². The molecule has 0 unspecified atom stereocenters. The van der Waals surface area contributed by atoms with Gasteiger partial charge in [0.2, 0.25) is 0 Å². The van der Waals surface area contributed by atoms with E-state index in [0.717, 1.165) is 5.69 Å². The van der Waals surface area contributed by atoms with Crippen LogP contribution in [0.15, 0.2) is 18.2 Å². The largest absolute Gasteiger partial charge is 0.376 e. The van der Waals surface area contributed by atoms with Crippen LogP contribution >= 0.6 is 12.2 Å². The molecular formula is C9H12N2S. The molecule has 0 aliphatic carbocycles. The van der Waals surface area contributed by atoms with E-state index in [0.29, 0.717) is 5.11 Å². The molecule has 1 aromatic rings. The number of hydrogen-bond acceptors (Lipinski definition) is 1. The van der Waals surface area contributed by atoms with E-state index in [1.807, 2.05) is 19.1 Å². The van der Waals surface area contributed by atoms with Gasteiger partial charge in [-0.2, -0.15) is 0 Å². The molecule has 0 bridgehead atoms. The quantitative estimate of drug-likeness (QED) is 0.649. The Morgan fingerprint density at radius 2 is 2.08 bits per heavy atom. The van der Waals surface area contributed by atoms with E-state index in [1.165, 1.54) is 11.1 Å². The second-order valence-corrected chi connectivity index (χ2v) is 3.18. The summed E-state index contributed by atoms with van der Waals surface area (Å²) in [6.07, 6.45) is 0. The molecule has 0 atom stereocenters. The summed E-state index contributed by atoms with van der Waals surface area (Å²) in [5.41, 5.74) is 8.77. The molecule has 0 saturated carbocycles. The highest BCUT2D eigenvalue weighted by atomic mass is 32.1. The number of thiocarbonyl (C=S) groups is 1. The first-order valence-electron chi connectivity index (χ1n) is 3.74. The molecule has 0 radical (unpaired) electrons. The van der Waals surface area contributed by atoms with Gasteiger partial charge in [-0.1, -0.05) is 12.1 Å². The Morgan fingerprint density at radius 1 is 1.42 bits per heavy atom. The molecule has 0 aromatic heterocycles. The fourth-order valence-electron chi connectivity index (χ4n) is 1.02. The van der Waals surface area contributed by atoms with Gasteiger partial charge in [0.25, 0.3) is 0 Å². The predicted octanol–water partition coefficient (Wildman–Crippen LogP) is 1.96. The summed E-state index contributed by atoms with van der Waals surface area (Å²) in [6, 6.07) is 5.99. The first-order chi connectivity index (χ1) is 5.61. The third-order valence-corrected chi connectivity index (χ3v) is 1.96. The third-order valence-electron chi connectivity index (χ3n) is 1.86. The zero-order valence-corrected chi connectivity index (χ0v) is 8.03. The highest BCUT2D eigenvalue weighted by Crippen LogP contribution is 2.17. The van der Waals surface area contributed by atoms with Crippen LogP contribution in [0.3, 0.4) is 0 Å². The molecule has 12 heavy (non-hydrogen) atoms. The maximum atomic E-state index is 5.36. The first-order valence-corrected chi connectivity index (χ1v) is 4.15. The van der Waals surface area contributed by atoms with Crippen molar-refractivity contribution in [3.8, 4) is 0 Å². The van der Waals surface area contributed by atoms with E-state index in [4.69, 9.17) is 18.0 Å². The van der Waals surface area contributed by atoms with E-state index in [1.54, 1.807) is 0 Å². The fraction of sp³-hybridized carbons (Fsp3) is 0.222. The van der Waals surface area contributed by atoms with Crippen LogP contribution in [0.5, 0.6) is 0 Å². The summed E-state index contributed by atoms with van der Waals surface area (Å²) in [5, 5.41) is 3.23. The van der Waals surface area contributed by atoms with Gasteiger partial charge in [-0.3, -0.25) is 0 Å². The number of rotatable bonds is 1. The van der Waals surface area contributed by atoms with E-state index in [9.17, 15) is 0 Å². The van der Waals surface area contributed by atoms with Gasteiger partial charge in [0.15, 0.2) is 5.11 Å². The van der Waals surface area contributed by atoms with Gasteiger partial charge >= 0.3 is 0 Å². The zero-order chi connectivity index (χ0) is 9.14. The minimum Gasteiger partial charge on any atom is -0.376 e. The predicted molar refractivity (Wildman–Crippen MR) is 56.3 cm³/mol. The number of nitrogens with two attached hydrogens (primary N) is 1. The third kappa shape index (κ3) is 1.95. The zero-order valence-electron chi connectivity index (χ0n) is 7.22. The smallest absolute Gasteiger partial charge is 0.168 e. The van der Waals surface area contributed by atoms with E-state index in [2.05, 4.69) is 18.3 Å². The summed E-state index contributed by atoms with van der Waals surface area (Å²) in [7, 11) is 0. The highest BCUT2D eigenvalue weighted by molar-refractivity contribution is 7.80. The molecular weight excluding hydrogens is 168 g/mol. The molecule has 0 saturated heterocycles. The van der Waals surface area contributed by atoms with E-state index in [-0.39, 0.29) is 0 Å². The second kappa shape index (κ2) is 3.54. The topological polar surface area (TPSA) is 38.0 Å². The van der Waals surface area contributed by atoms with Gasteiger partial charge in [-0.05, 0) is 43.3 Å². The molecule has 0 aliphatic rings. The van der Waals surface area contributed by atoms with Crippen LogP contribution in [0.4, 0.5) is 5.69 Å². The van der Waals surface area contributed by atoms with E-state index >= 15 is 0 Å². The average molecular weight is 180 g/mol. The first kappa shape index (κ1) is 9.00. The molecule has 1 rings (SSSR count). The molecule has 1 aromatic carbocycles. The van der Waals surface area contributed by atoms with Gasteiger partial charge in [-0.15, -0.1) is 0 Å². The lowest BCUT2D eigenvalue weighted by atomic mass is 10.1. The number of anilines is 1. The molecule has 0 spiro atoms. The number of nitrogens with one attached hydrogen (secondary N) is 1. The molecule has 0 heterocycles. The van der Waals surface area contributed by atoms with Gasteiger partial charge in [0.05, 0.1) is 0 Å². The fourth-order valence-corrected chi connectivity index (χ4v) is 1.13. The monoisotopic (exact) mass is 180 g/mol. The van der Waals surface area contributed by atoms with Crippen LogP contribution in [-0.4, -0.2) is 5.11 Å². The standard InChI is InChI=1S/C9H12N2S/c1-6-4-3-5-8(7(6)2)11-9(10)12/h3-5H,1-2H3,(H3,10,11,12). The van der Waals surface area contributed by atoms with Crippen LogP contribution in [0.2, 0.25) is 0 Å². The van der Waals surface area contributed by atoms with E-state index < -0.39 is 0 Å². The van der Waals surface area contributed by atoms with Crippen LogP contribution in [0.25, 0.3) is 0 Å². The molecule has 0 amide bonds. The van der Waals surface area contributed by atoms with Crippen molar-refractivity contribution in [3.63, 3.8) is 0 Å². The maximum absolute atomic E-state index is 5.36. The van der Waals surface area contributed by atoms with Crippen LogP contribution in [0.1, 0.15) is 11.1 Å². The lowest BCUT2D eigenvalue weighted by Crippen LogP contribution is -2.19. The molecule has 64 valence electrons. The molecule has 0 fully saturated rings. The highest BCUT2D eigenvalue weighted by Gasteiger charge is 1.99. The van der Waals surface area contributed by atoms with Gasteiger partial charge in [0, 0.05) is 5.69 Å². The summed E-state index contributed by atoms with van der Waals surface area (Å²) in [5.74, 6) is 0. The van der Waals surface area contributed by atoms with Crippen LogP contribution in [0, 0.1) is 13.8 Å². The molecule has 0 aliphatic heterocycles. The Morgan fingerprint density at radius 3 is 2.67 bits per heavy atom. The number of hydrogen-bond donors (Lipinski definition) is 2. The van der Waals surface area contributed by atoms with Gasteiger partial charge in [0.1, 0.15) is 0 Å². The van der Waals surface area contributed by atoms with Gasteiger partial charge < -0.3 is 11.1 Å². The van der Waals surface area contributed by atoms with Crippen LogP contribution in [-0.2, 0) is 0 Å².